The fraction of sp³-hybridized carbons (Fsp3) is 0.348. The third-order valence-electron chi connectivity index (χ3n) is 4.26. The van der Waals surface area contributed by atoms with Gasteiger partial charge in [-0.05, 0) is 68.0 Å². The van der Waals surface area contributed by atoms with E-state index in [0.29, 0.717) is 6.61 Å². The van der Waals surface area contributed by atoms with E-state index in [1.807, 2.05) is 25.1 Å². The van der Waals surface area contributed by atoms with E-state index in [4.69, 9.17) is 9.57 Å². The molecule has 0 fully saturated rings. The molecule has 2 aromatic carbocycles. The summed E-state index contributed by atoms with van der Waals surface area (Å²) in [6.45, 7) is 7.78. The fourth-order valence-corrected chi connectivity index (χ4v) is 2.91. The highest BCUT2D eigenvalue weighted by atomic mass is 16.6. The third kappa shape index (κ3) is 6.81. The van der Waals surface area contributed by atoms with Gasteiger partial charge in [0.05, 0.1) is 12.8 Å². The second-order valence-corrected chi connectivity index (χ2v) is 6.50. The Hall–Kier alpha value is -2.75. The summed E-state index contributed by atoms with van der Waals surface area (Å²) < 4.78 is 6.07. The van der Waals surface area contributed by atoms with Crippen molar-refractivity contribution in [3.63, 3.8) is 0 Å². The van der Waals surface area contributed by atoms with Crippen LogP contribution in [0.2, 0.25) is 0 Å². The zero-order chi connectivity index (χ0) is 19.5. The zero-order valence-electron chi connectivity index (χ0n) is 16.8. The first-order valence-corrected chi connectivity index (χ1v) is 9.38. The van der Waals surface area contributed by atoms with E-state index in [0.717, 1.165) is 36.4 Å². The Morgan fingerprint density at radius 1 is 1.07 bits per heavy atom. The molecule has 144 valence electrons. The molecule has 2 rings (SSSR count). The van der Waals surface area contributed by atoms with Gasteiger partial charge >= 0.3 is 0 Å². The van der Waals surface area contributed by atoms with Crippen molar-refractivity contribution in [1.82, 2.24) is 0 Å². The van der Waals surface area contributed by atoms with Crippen LogP contribution in [0.1, 0.15) is 35.6 Å². The molecule has 0 aromatic heterocycles. The lowest BCUT2D eigenvalue weighted by atomic mass is 10.1. The van der Waals surface area contributed by atoms with Crippen LogP contribution in [-0.4, -0.2) is 26.5 Å². The van der Waals surface area contributed by atoms with Gasteiger partial charge in [0.1, 0.15) is 12.9 Å². The Bertz CT molecular complexity index is 741. The Morgan fingerprint density at radius 2 is 1.78 bits per heavy atom. The van der Waals surface area contributed by atoms with Crippen molar-refractivity contribution in [2.45, 2.75) is 33.6 Å². The highest BCUT2D eigenvalue weighted by Gasteiger charge is 2.06. The monoisotopic (exact) mass is 366 g/mol. The van der Waals surface area contributed by atoms with Crippen LogP contribution >= 0.6 is 0 Å². The maximum absolute atomic E-state index is 6.07. The van der Waals surface area contributed by atoms with Crippen molar-refractivity contribution >= 4 is 11.9 Å². The lowest BCUT2D eigenvalue weighted by Crippen LogP contribution is -2.04. The molecule has 27 heavy (non-hydrogen) atoms. The average Bonchev–Trinajstić information content (AvgIpc) is 2.66. The van der Waals surface area contributed by atoms with Crippen molar-refractivity contribution in [1.29, 1.82) is 0 Å². The van der Waals surface area contributed by atoms with E-state index < -0.39 is 0 Å². The number of ether oxygens (including phenoxy) is 1. The number of nitrogens with one attached hydrogen (secondary N) is 1. The van der Waals surface area contributed by atoms with E-state index >= 15 is 0 Å². The Balaban J connectivity index is 1.83. The lowest BCUT2D eigenvalue weighted by molar-refractivity contribution is 0.215. The Kier molecular flexibility index (Phi) is 8.43. The third-order valence-corrected chi connectivity index (χ3v) is 4.26. The summed E-state index contributed by atoms with van der Waals surface area (Å²) in [5.41, 5.74) is 5.79. The summed E-state index contributed by atoms with van der Waals surface area (Å²) in [5, 5.41) is 7.17. The molecule has 0 saturated carbocycles. The number of nitrogens with zero attached hydrogens (tertiary/aromatic N) is 1. The molecule has 4 heteroatoms. The van der Waals surface area contributed by atoms with Crippen molar-refractivity contribution in [3.8, 4) is 5.75 Å². The molecule has 0 bridgehead atoms. The molecule has 0 aliphatic heterocycles. The predicted octanol–water partition coefficient (Wildman–Crippen LogP) is 5.28. The highest BCUT2D eigenvalue weighted by Crippen LogP contribution is 2.27. The first-order chi connectivity index (χ1) is 13.1. The van der Waals surface area contributed by atoms with Gasteiger partial charge in [-0.2, -0.15) is 0 Å². The number of aryl methyl sites for hydroxylation is 3. The molecule has 0 atom stereocenters. The van der Waals surface area contributed by atoms with Crippen LogP contribution in [0.5, 0.6) is 5.75 Å². The predicted molar refractivity (Wildman–Crippen MR) is 114 cm³/mol. The molecular formula is C23H30N2O2. The van der Waals surface area contributed by atoms with Crippen LogP contribution in [0, 0.1) is 13.8 Å². The maximum Gasteiger partial charge on any atom is 0.125 e. The zero-order valence-corrected chi connectivity index (χ0v) is 16.8. The highest BCUT2D eigenvalue weighted by molar-refractivity contribution is 5.79. The number of anilines is 1. The van der Waals surface area contributed by atoms with Gasteiger partial charge in [0.25, 0.3) is 0 Å². The van der Waals surface area contributed by atoms with Crippen LogP contribution in [-0.2, 0) is 11.3 Å². The first kappa shape index (κ1) is 20.6. The maximum atomic E-state index is 6.07. The Labute approximate surface area is 162 Å². The van der Waals surface area contributed by atoms with Crippen LogP contribution in [0.25, 0.3) is 0 Å². The average molecular weight is 367 g/mol. The van der Waals surface area contributed by atoms with Crippen LogP contribution in [0.3, 0.4) is 0 Å². The van der Waals surface area contributed by atoms with Gasteiger partial charge in [0.2, 0.25) is 0 Å². The standard InChI is InChI=1S/C23H30N2O2/c1-5-6-13-24-22-15-18(2)23(19(3)16-22)27-14-7-8-20-9-11-21(12-10-20)17-25-26-4/h5-6,9-12,15-17,24H,7-8,13-14H2,1-4H3/b6-5+,25-17?. The van der Waals surface area contributed by atoms with E-state index in [2.05, 4.69) is 54.7 Å². The number of hydrogen-bond acceptors (Lipinski definition) is 4. The number of benzene rings is 2. The molecule has 2 aromatic rings. The summed E-state index contributed by atoms with van der Waals surface area (Å²) in [5.74, 6) is 0.998. The van der Waals surface area contributed by atoms with E-state index in [-0.39, 0.29) is 0 Å². The minimum absolute atomic E-state index is 0.708. The van der Waals surface area contributed by atoms with Gasteiger partial charge in [-0.15, -0.1) is 0 Å². The molecule has 0 aliphatic rings. The van der Waals surface area contributed by atoms with E-state index in [1.54, 1.807) is 13.3 Å². The van der Waals surface area contributed by atoms with Crippen molar-refractivity contribution in [3.05, 3.63) is 70.8 Å². The van der Waals surface area contributed by atoms with Gasteiger partial charge in [-0.25, -0.2) is 0 Å². The quantitative estimate of drug-likeness (QED) is 0.269. The number of rotatable bonds is 10. The molecule has 0 radical (unpaired) electrons. The smallest absolute Gasteiger partial charge is 0.125 e. The topological polar surface area (TPSA) is 42.8 Å². The van der Waals surface area contributed by atoms with Gasteiger partial charge in [0.15, 0.2) is 0 Å². The normalized spacial score (nSPS) is 11.3. The van der Waals surface area contributed by atoms with Gasteiger partial charge in [0, 0.05) is 12.2 Å². The van der Waals surface area contributed by atoms with Crippen LogP contribution in [0.15, 0.2) is 53.7 Å². The van der Waals surface area contributed by atoms with Crippen molar-refractivity contribution in [2.24, 2.45) is 5.16 Å². The molecule has 0 aliphatic carbocycles. The lowest BCUT2D eigenvalue weighted by Gasteiger charge is -2.15. The number of allylic oxidation sites excluding steroid dienone is 1. The molecule has 4 nitrogen and oxygen atoms in total. The molecule has 0 spiro atoms. The molecular weight excluding hydrogens is 336 g/mol. The van der Waals surface area contributed by atoms with Gasteiger partial charge in [-0.1, -0.05) is 41.6 Å². The van der Waals surface area contributed by atoms with E-state index in [9.17, 15) is 0 Å². The van der Waals surface area contributed by atoms with Crippen molar-refractivity contribution in [2.75, 3.05) is 25.6 Å². The van der Waals surface area contributed by atoms with Gasteiger partial charge in [-0.3, -0.25) is 0 Å². The fourth-order valence-electron chi connectivity index (χ4n) is 2.91. The number of oxime groups is 1. The van der Waals surface area contributed by atoms with Crippen molar-refractivity contribution < 1.29 is 9.57 Å². The minimum Gasteiger partial charge on any atom is -0.493 e. The van der Waals surface area contributed by atoms with Crippen LogP contribution < -0.4 is 10.1 Å². The second kappa shape index (κ2) is 11.1. The second-order valence-electron chi connectivity index (χ2n) is 6.50. The van der Waals surface area contributed by atoms with E-state index in [1.165, 1.54) is 16.7 Å². The first-order valence-electron chi connectivity index (χ1n) is 9.38. The summed E-state index contributed by atoms with van der Waals surface area (Å²) in [6.07, 6.45) is 7.82. The molecule has 0 amide bonds. The summed E-state index contributed by atoms with van der Waals surface area (Å²) in [4.78, 5) is 4.69. The van der Waals surface area contributed by atoms with Gasteiger partial charge < -0.3 is 14.9 Å². The molecule has 0 saturated heterocycles. The summed E-state index contributed by atoms with van der Waals surface area (Å²) in [6, 6.07) is 12.6. The summed E-state index contributed by atoms with van der Waals surface area (Å²) in [7, 11) is 1.54. The van der Waals surface area contributed by atoms with Crippen LogP contribution in [0.4, 0.5) is 5.69 Å². The molecule has 0 unspecified atom stereocenters. The minimum atomic E-state index is 0.708. The Morgan fingerprint density at radius 3 is 2.41 bits per heavy atom. The summed E-state index contributed by atoms with van der Waals surface area (Å²) >= 11 is 0. The molecule has 1 N–H and O–H groups in total. The number of hydrogen-bond donors (Lipinski definition) is 1. The largest absolute Gasteiger partial charge is 0.493 e. The molecule has 0 heterocycles. The SMILES string of the molecule is C/C=C/CNc1cc(C)c(OCCCc2ccc(C=NOC)cc2)c(C)c1.